The summed E-state index contributed by atoms with van der Waals surface area (Å²) < 4.78 is 0. The van der Waals surface area contributed by atoms with Crippen molar-refractivity contribution in [3.8, 4) is 0 Å². The molecule has 1 saturated heterocycles. The quantitative estimate of drug-likeness (QED) is 0.842. The van der Waals surface area contributed by atoms with Gasteiger partial charge in [0, 0.05) is 44.0 Å². The molecule has 1 aliphatic carbocycles. The fourth-order valence-corrected chi connectivity index (χ4v) is 4.62. The maximum Gasteiger partial charge on any atom is 0.227 e. The summed E-state index contributed by atoms with van der Waals surface area (Å²) in [5.74, 6) is 0.588. The highest BCUT2D eigenvalue weighted by molar-refractivity contribution is 5.79. The van der Waals surface area contributed by atoms with Crippen molar-refractivity contribution >= 4 is 5.91 Å². The summed E-state index contributed by atoms with van der Waals surface area (Å²) >= 11 is 0. The van der Waals surface area contributed by atoms with Gasteiger partial charge in [0.2, 0.25) is 5.91 Å². The van der Waals surface area contributed by atoms with E-state index in [0.29, 0.717) is 5.91 Å². The van der Waals surface area contributed by atoms with Crippen LogP contribution in [-0.2, 0) is 17.8 Å². The molecular formula is C19H27N3O. The molecule has 0 bridgehead atoms. The molecule has 4 heteroatoms. The fourth-order valence-electron chi connectivity index (χ4n) is 4.62. The van der Waals surface area contributed by atoms with E-state index in [1.807, 2.05) is 12.3 Å². The summed E-state index contributed by atoms with van der Waals surface area (Å²) in [6.07, 6.45) is 10.4. The lowest BCUT2D eigenvalue weighted by atomic mass is 9.93. The van der Waals surface area contributed by atoms with Crippen molar-refractivity contribution in [2.45, 2.75) is 57.5 Å². The molecule has 4 rings (SSSR count). The van der Waals surface area contributed by atoms with Crippen LogP contribution in [0.5, 0.6) is 0 Å². The van der Waals surface area contributed by atoms with E-state index in [4.69, 9.17) is 0 Å². The average molecular weight is 313 g/mol. The van der Waals surface area contributed by atoms with Crippen molar-refractivity contribution in [2.24, 2.45) is 5.92 Å². The van der Waals surface area contributed by atoms with Crippen molar-refractivity contribution in [3.63, 3.8) is 0 Å². The third kappa shape index (κ3) is 3.14. The third-order valence-corrected chi connectivity index (χ3v) is 5.92. The number of carbonyl (C=O) groups excluding carboxylic acids is 1. The zero-order valence-corrected chi connectivity index (χ0v) is 13.9. The molecule has 23 heavy (non-hydrogen) atoms. The Morgan fingerprint density at radius 3 is 2.87 bits per heavy atom. The zero-order chi connectivity index (χ0) is 15.6. The van der Waals surface area contributed by atoms with Gasteiger partial charge < -0.3 is 4.90 Å². The average Bonchev–Trinajstić information content (AvgIpc) is 3.15. The Kier molecular flexibility index (Phi) is 4.34. The molecule has 4 nitrogen and oxygen atoms in total. The number of fused-ring (bicyclic) bond motifs is 1. The van der Waals surface area contributed by atoms with E-state index < -0.39 is 0 Å². The summed E-state index contributed by atoms with van der Waals surface area (Å²) in [5, 5.41) is 0. The lowest BCUT2D eigenvalue weighted by molar-refractivity contribution is -0.138. The Labute approximate surface area is 138 Å². The molecule has 0 spiro atoms. The Morgan fingerprint density at radius 1 is 1.13 bits per heavy atom. The molecule has 124 valence electrons. The number of pyridine rings is 1. The molecular weight excluding hydrogens is 286 g/mol. The van der Waals surface area contributed by atoms with Crippen molar-refractivity contribution in [1.29, 1.82) is 0 Å². The maximum absolute atomic E-state index is 13.0. The Hall–Kier alpha value is -1.42. The van der Waals surface area contributed by atoms with E-state index in [0.717, 1.165) is 38.5 Å². The number of likely N-dealkylation sites (tertiary alicyclic amines) is 1. The number of carbonyl (C=O) groups is 1. The van der Waals surface area contributed by atoms with Crippen LogP contribution in [-0.4, -0.2) is 46.4 Å². The number of amides is 1. The van der Waals surface area contributed by atoms with Crippen molar-refractivity contribution in [2.75, 3.05) is 19.6 Å². The summed E-state index contributed by atoms with van der Waals surface area (Å²) in [6.45, 7) is 3.77. The zero-order valence-electron chi connectivity index (χ0n) is 13.9. The predicted molar refractivity (Wildman–Crippen MR) is 89.9 cm³/mol. The van der Waals surface area contributed by atoms with Crippen LogP contribution in [0.2, 0.25) is 0 Å². The van der Waals surface area contributed by atoms with Crippen molar-refractivity contribution < 1.29 is 4.79 Å². The summed E-state index contributed by atoms with van der Waals surface area (Å²) in [6, 6.07) is 4.85. The number of nitrogens with zero attached hydrogens (tertiary/aromatic N) is 3. The van der Waals surface area contributed by atoms with Crippen LogP contribution in [0, 0.1) is 5.92 Å². The highest BCUT2D eigenvalue weighted by atomic mass is 16.2. The van der Waals surface area contributed by atoms with E-state index >= 15 is 0 Å². The van der Waals surface area contributed by atoms with Crippen LogP contribution >= 0.6 is 0 Å². The van der Waals surface area contributed by atoms with E-state index in [9.17, 15) is 4.79 Å². The van der Waals surface area contributed by atoms with Crippen LogP contribution in [0.4, 0.5) is 0 Å². The number of aromatic nitrogens is 1. The monoisotopic (exact) mass is 313 g/mol. The molecule has 0 unspecified atom stereocenters. The lowest BCUT2D eigenvalue weighted by Crippen LogP contribution is -2.48. The molecule has 2 fully saturated rings. The first-order chi connectivity index (χ1) is 11.3. The van der Waals surface area contributed by atoms with Gasteiger partial charge in [0.05, 0.1) is 5.92 Å². The van der Waals surface area contributed by atoms with Gasteiger partial charge in [-0.25, -0.2) is 0 Å². The van der Waals surface area contributed by atoms with E-state index in [-0.39, 0.29) is 5.92 Å². The molecule has 3 heterocycles. The van der Waals surface area contributed by atoms with Crippen LogP contribution in [0.25, 0.3) is 0 Å². The van der Waals surface area contributed by atoms with Crippen LogP contribution in [0.15, 0.2) is 18.3 Å². The van der Waals surface area contributed by atoms with Crippen LogP contribution in [0.3, 0.4) is 0 Å². The summed E-state index contributed by atoms with van der Waals surface area (Å²) in [5.41, 5.74) is 2.41. The third-order valence-electron chi connectivity index (χ3n) is 5.92. The number of rotatable bonds is 2. The number of piperidine rings is 1. The van der Waals surface area contributed by atoms with Gasteiger partial charge in [0.15, 0.2) is 0 Å². The maximum atomic E-state index is 13.0. The smallest absolute Gasteiger partial charge is 0.227 e. The minimum atomic E-state index is 0.211. The molecule has 3 aliphatic rings. The van der Waals surface area contributed by atoms with Gasteiger partial charge in [-0.2, -0.15) is 0 Å². The molecule has 0 aromatic carbocycles. The highest BCUT2D eigenvalue weighted by Gasteiger charge is 2.34. The first kappa shape index (κ1) is 15.1. The molecule has 1 aromatic heterocycles. The number of hydrogen-bond donors (Lipinski definition) is 0. The molecule has 1 atom stereocenters. The lowest BCUT2D eigenvalue weighted by Gasteiger charge is -2.39. The highest BCUT2D eigenvalue weighted by Crippen LogP contribution is 2.29. The molecule has 1 saturated carbocycles. The Morgan fingerprint density at radius 2 is 2.00 bits per heavy atom. The first-order valence-electron chi connectivity index (χ1n) is 9.27. The molecule has 0 N–H and O–H groups in total. The second-order valence-electron chi connectivity index (χ2n) is 7.39. The van der Waals surface area contributed by atoms with Gasteiger partial charge in [0.25, 0.3) is 0 Å². The standard InChI is InChI=1S/C19H27N3O/c23-19(22-12-9-18-15(13-22)5-3-10-20-18)16-6-4-11-21(14-16)17-7-1-2-8-17/h3,5,10,16-17H,1-2,4,6-9,11-14H2/t16-/m0/s1. The normalized spacial score (nSPS) is 26.3. The molecule has 2 aliphatic heterocycles. The largest absolute Gasteiger partial charge is 0.338 e. The molecule has 1 aromatic rings. The van der Waals surface area contributed by atoms with Crippen molar-refractivity contribution in [3.05, 3.63) is 29.6 Å². The second-order valence-corrected chi connectivity index (χ2v) is 7.39. The number of hydrogen-bond acceptors (Lipinski definition) is 3. The van der Waals surface area contributed by atoms with Gasteiger partial charge >= 0.3 is 0 Å². The van der Waals surface area contributed by atoms with E-state index in [2.05, 4.69) is 20.9 Å². The first-order valence-corrected chi connectivity index (χ1v) is 9.27. The van der Waals surface area contributed by atoms with Gasteiger partial charge in [-0.1, -0.05) is 18.9 Å². The fraction of sp³-hybridized carbons (Fsp3) is 0.684. The molecule has 1 amide bonds. The Bertz CT molecular complexity index is 567. The van der Waals surface area contributed by atoms with Gasteiger partial charge in [0.1, 0.15) is 0 Å². The Balaban J connectivity index is 1.40. The van der Waals surface area contributed by atoms with E-state index in [1.165, 1.54) is 49.9 Å². The topological polar surface area (TPSA) is 36.4 Å². The molecule has 0 radical (unpaired) electrons. The summed E-state index contributed by atoms with van der Waals surface area (Å²) in [7, 11) is 0. The van der Waals surface area contributed by atoms with E-state index in [1.54, 1.807) is 0 Å². The summed E-state index contributed by atoms with van der Waals surface area (Å²) in [4.78, 5) is 22.1. The predicted octanol–water partition coefficient (Wildman–Crippen LogP) is 2.62. The van der Waals surface area contributed by atoms with Crippen LogP contribution < -0.4 is 0 Å². The van der Waals surface area contributed by atoms with Gasteiger partial charge in [-0.05, 0) is 43.9 Å². The van der Waals surface area contributed by atoms with Crippen LogP contribution in [0.1, 0.15) is 49.8 Å². The second kappa shape index (κ2) is 6.60. The SMILES string of the molecule is O=C([C@H]1CCCN(C2CCCC2)C1)N1CCc2ncccc2C1. The minimum absolute atomic E-state index is 0.211. The minimum Gasteiger partial charge on any atom is -0.338 e. The van der Waals surface area contributed by atoms with Gasteiger partial charge in [-0.3, -0.25) is 14.7 Å². The van der Waals surface area contributed by atoms with Gasteiger partial charge in [-0.15, -0.1) is 0 Å². The van der Waals surface area contributed by atoms with Crippen molar-refractivity contribution in [1.82, 2.24) is 14.8 Å².